The molecule has 5 nitrogen and oxygen atoms in total. The molecule has 0 saturated carbocycles. The smallest absolute Gasteiger partial charge is 0.224 e. The van der Waals surface area contributed by atoms with Gasteiger partial charge in [0.25, 0.3) is 0 Å². The van der Waals surface area contributed by atoms with Crippen LogP contribution in [0.4, 0.5) is 0 Å². The van der Waals surface area contributed by atoms with Crippen LogP contribution in [0.3, 0.4) is 0 Å². The molecule has 2 amide bonds. The number of likely N-dealkylation sites (tertiary alicyclic amines) is 1. The van der Waals surface area contributed by atoms with Crippen molar-refractivity contribution in [2.24, 2.45) is 0 Å². The van der Waals surface area contributed by atoms with Gasteiger partial charge in [-0.2, -0.15) is 0 Å². The van der Waals surface area contributed by atoms with Gasteiger partial charge in [-0.1, -0.05) is 23.8 Å². The second-order valence-electron chi connectivity index (χ2n) is 7.19. The molecule has 0 spiro atoms. The number of nitrogens with one attached hydrogen (secondary N) is 1. The Morgan fingerprint density at radius 1 is 1.27 bits per heavy atom. The average Bonchev–Trinajstić information content (AvgIpc) is 3.00. The first-order valence-electron chi connectivity index (χ1n) is 9.52. The lowest BCUT2D eigenvalue weighted by Crippen LogP contribution is -2.37. The average molecular weight is 356 g/mol. The Kier molecular flexibility index (Phi) is 6.31. The molecule has 0 aromatic heterocycles. The van der Waals surface area contributed by atoms with Crippen LogP contribution in [-0.4, -0.2) is 43.0 Å². The lowest BCUT2D eigenvalue weighted by atomic mass is 9.97. The molecule has 5 heteroatoms. The van der Waals surface area contributed by atoms with Crippen LogP contribution in [0.2, 0.25) is 0 Å². The van der Waals surface area contributed by atoms with E-state index in [0.717, 1.165) is 25.0 Å². The molecule has 140 valence electrons. The number of nitrogens with zero attached hydrogens (tertiary/aromatic N) is 1. The van der Waals surface area contributed by atoms with Crippen molar-refractivity contribution in [2.45, 2.75) is 51.0 Å². The third-order valence-corrected chi connectivity index (χ3v) is 5.18. The summed E-state index contributed by atoms with van der Waals surface area (Å²) in [6.07, 6.45) is 8.43. The summed E-state index contributed by atoms with van der Waals surface area (Å²) < 4.78 is 5.16. The van der Waals surface area contributed by atoms with Crippen LogP contribution in [0.25, 0.3) is 0 Å². The molecule has 1 atom stereocenters. The SMILES string of the molecule is COc1ccc(CCN2CC(NC(=O)CC3=CCCCC3)CC2=O)cc1. The highest BCUT2D eigenvalue weighted by Gasteiger charge is 2.30. The summed E-state index contributed by atoms with van der Waals surface area (Å²) in [6, 6.07) is 7.86. The highest BCUT2D eigenvalue weighted by molar-refractivity contribution is 5.83. The third kappa shape index (κ3) is 5.10. The summed E-state index contributed by atoms with van der Waals surface area (Å²) in [5.74, 6) is 1.01. The number of carbonyl (C=O) groups excluding carboxylic acids is 2. The predicted octanol–water partition coefficient (Wildman–Crippen LogP) is 2.85. The van der Waals surface area contributed by atoms with E-state index < -0.39 is 0 Å². The Balaban J connectivity index is 1.43. The number of benzene rings is 1. The van der Waals surface area contributed by atoms with E-state index in [4.69, 9.17) is 4.74 Å². The van der Waals surface area contributed by atoms with E-state index in [9.17, 15) is 9.59 Å². The molecule has 1 saturated heterocycles. The summed E-state index contributed by atoms with van der Waals surface area (Å²) in [5, 5.41) is 3.04. The van der Waals surface area contributed by atoms with Gasteiger partial charge in [0.1, 0.15) is 5.75 Å². The molecule has 0 radical (unpaired) electrons. The van der Waals surface area contributed by atoms with E-state index in [1.165, 1.54) is 24.0 Å². The summed E-state index contributed by atoms with van der Waals surface area (Å²) in [7, 11) is 1.65. The lowest BCUT2D eigenvalue weighted by molar-refractivity contribution is -0.127. The summed E-state index contributed by atoms with van der Waals surface area (Å²) in [4.78, 5) is 26.3. The van der Waals surface area contributed by atoms with E-state index in [0.29, 0.717) is 25.9 Å². The first kappa shape index (κ1) is 18.5. The normalized spacial score (nSPS) is 20.0. The summed E-state index contributed by atoms with van der Waals surface area (Å²) >= 11 is 0. The second kappa shape index (κ2) is 8.88. The molecule has 26 heavy (non-hydrogen) atoms. The van der Waals surface area contributed by atoms with E-state index in [1.807, 2.05) is 29.2 Å². The Hall–Kier alpha value is -2.30. The molecule has 1 unspecified atom stereocenters. The largest absolute Gasteiger partial charge is 0.497 e. The standard InChI is InChI=1S/C21H28N2O3/c1-26-19-9-7-16(8-10-19)11-12-23-15-18(14-21(23)25)22-20(24)13-17-5-3-2-4-6-17/h5,7-10,18H,2-4,6,11-15H2,1H3,(H,22,24). The maximum absolute atomic E-state index is 12.2. The zero-order chi connectivity index (χ0) is 18.4. The third-order valence-electron chi connectivity index (χ3n) is 5.18. The number of methoxy groups -OCH3 is 1. The van der Waals surface area contributed by atoms with Gasteiger partial charge < -0.3 is 15.0 Å². The van der Waals surface area contributed by atoms with Gasteiger partial charge in [0, 0.05) is 25.9 Å². The number of carbonyl (C=O) groups is 2. The predicted molar refractivity (Wildman–Crippen MR) is 101 cm³/mol. The van der Waals surface area contributed by atoms with Gasteiger partial charge >= 0.3 is 0 Å². The number of hydrogen-bond acceptors (Lipinski definition) is 3. The minimum Gasteiger partial charge on any atom is -0.497 e. The second-order valence-corrected chi connectivity index (χ2v) is 7.19. The number of allylic oxidation sites excluding steroid dienone is 1. The molecule has 1 aromatic carbocycles. The van der Waals surface area contributed by atoms with Crippen molar-refractivity contribution >= 4 is 11.8 Å². The molecule has 1 aliphatic carbocycles. The van der Waals surface area contributed by atoms with Crippen LogP contribution < -0.4 is 10.1 Å². The number of hydrogen-bond donors (Lipinski definition) is 1. The van der Waals surface area contributed by atoms with Crippen molar-refractivity contribution in [1.29, 1.82) is 0 Å². The van der Waals surface area contributed by atoms with Crippen LogP contribution >= 0.6 is 0 Å². The molecule has 1 N–H and O–H groups in total. The zero-order valence-electron chi connectivity index (χ0n) is 15.5. The first-order valence-corrected chi connectivity index (χ1v) is 9.52. The van der Waals surface area contributed by atoms with Crippen molar-refractivity contribution < 1.29 is 14.3 Å². The minimum absolute atomic E-state index is 0.0490. The van der Waals surface area contributed by atoms with Gasteiger partial charge in [-0.05, 0) is 49.8 Å². The molecule has 2 aliphatic rings. The van der Waals surface area contributed by atoms with Gasteiger partial charge in [0.15, 0.2) is 0 Å². The molecular formula is C21H28N2O3. The quantitative estimate of drug-likeness (QED) is 0.764. The Morgan fingerprint density at radius 2 is 2.08 bits per heavy atom. The summed E-state index contributed by atoms with van der Waals surface area (Å²) in [5.41, 5.74) is 2.42. The molecule has 1 aliphatic heterocycles. The number of ether oxygens (including phenoxy) is 1. The van der Waals surface area contributed by atoms with Crippen LogP contribution in [0.15, 0.2) is 35.9 Å². The fraction of sp³-hybridized carbons (Fsp3) is 0.524. The van der Waals surface area contributed by atoms with E-state index in [1.54, 1.807) is 7.11 Å². The molecular weight excluding hydrogens is 328 g/mol. The molecule has 1 fully saturated rings. The highest BCUT2D eigenvalue weighted by atomic mass is 16.5. The Labute approximate surface area is 155 Å². The van der Waals surface area contributed by atoms with Gasteiger partial charge in [0.2, 0.25) is 11.8 Å². The van der Waals surface area contributed by atoms with Crippen LogP contribution in [-0.2, 0) is 16.0 Å². The number of rotatable bonds is 7. The Morgan fingerprint density at radius 3 is 2.77 bits per heavy atom. The lowest BCUT2D eigenvalue weighted by Gasteiger charge is -2.18. The van der Waals surface area contributed by atoms with Crippen molar-refractivity contribution in [3.8, 4) is 5.75 Å². The monoisotopic (exact) mass is 356 g/mol. The van der Waals surface area contributed by atoms with Crippen LogP contribution in [0, 0.1) is 0 Å². The van der Waals surface area contributed by atoms with Gasteiger partial charge in [-0.25, -0.2) is 0 Å². The molecule has 1 heterocycles. The van der Waals surface area contributed by atoms with E-state index in [2.05, 4.69) is 11.4 Å². The fourth-order valence-electron chi connectivity index (χ4n) is 3.69. The first-order chi connectivity index (χ1) is 12.6. The van der Waals surface area contributed by atoms with Crippen molar-refractivity contribution in [1.82, 2.24) is 10.2 Å². The van der Waals surface area contributed by atoms with Gasteiger partial charge in [-0.3, -0.25) is 9.59 Å². The van der Waals surface area contributed by atoms with Gasteiger partial charge in [0.05, 0.1) is 13.2 Å². The van der Waals surface area contributed by atoms with Crippen molar-refractivity contribution in [3.05, 3.63) is 41.5 Å². The molecule has 1 aromatic rings. The van der Waals surface area contributed by atoms with Crippen LogP contribution in [0.5, 0.6) is 5.75 Å². The van der Waals surface area contributed by atoms with Gasteiger partial charge in [-0.15, -0.1) is 0 Å². The van der Waals surface area contributed by atoms with Crippen molar-refractivity contribution in [2.75, 3.05) is 20.2 Å². The van der Waals surface area contributed by atoms with E-state index in [-0.39, 0.29) is 17.9 Å². The fourth-order valence-corrected chi connectivity index (χ4v) is 3.69. The van der Waals surface area contributed by atoms with Crippen LogP contribution in [0.1, 0.15) is 44.1 Å². The zero-order valence-corrected chi connectivity index (χ0v) is 15.5. The molecule has 0 bridgehead atoms. The molecule has 3 rings (SSSR count). The van der Waals surface area contributed by atoms with Crippen molar-refractivity contribution in [3.63, 3.8) is 0 Å². The van der Waals surface area contributed by atoms with E-state index >= 15 is 0 Å². The topological polar surface area (TPSA) is 58.6 Å². The highest BCUT2D eigenvalue weighted by Crippen LogP contribution is 2.20. The maximum atomic E-state index is 12.2. The Bertz CT molecular complexity index is 666. The maximum Gasteiger partial charge on any atom is 0.224 e. The minimum atomic E-state index is -0.0601. The summed E-state index contributed by atoms with van der Waals surface area (Å²) in [6.45, 7) is 1.29. The number of amides is 2.